The number of carbonyl (C=O) groups excluding carboxylic acids is 1. The number of aromatic nitrogens is 2. The van der Waals surface area contributed by atoms with Crippen molar-refractivity contribution in [3.05, 3.63) is 22.8 Å². The fraction of sp³-hybridized carbons (Fsp3) is 0.588. The van der Waals surface area contributed by atoms with E-state index in [1.807, 2.05) is 0 Å². The first-order valence-electron chi connectivity index (χ1n) is 8.14. The van der Waals surface area contributed by atoms with Crippen LogP contribution < -0.4 is 0 Å². The van der Waals surface area contributed by atoms with Gasteiger partial charge in [0.1, 0.15) is 10.3 Å². The van der Waals surface area contributed by atoms with Crippen molar-refractivity contribution in [3.63, 3.8) is 0 Å². The number of amides is 1. The van der Waals surface area contributed by atoms with E-state index in [0.717, 1.165) is 46.8 Å². The monoisotopic (exact) mass is 332 g/mol. The maximum Gasteiger partial charge on any atom is 0.263 e. The summed E-state index contributed by atoms with van der Waals surface area (Å²) in [6, 6.07) is 0. The molecule has 3 heterocycles. The van der Waals surface area contributed by atoms with Gasteiger partial charge in [0, 0.05) is 51.1 Å². The lowest BCUT2D eigenvalue weighted by Gasteiger charge is -2.19. The molecule has 0 spiro atoms. The number of hydrogen-bond donors (Lipinski definition) is 0. The van der Waals surface area contributed by atoms with Gasteiger partial charge in [0.2, 0.25) is 0 Å². The molecular formula is C17H24N4OS. The Morgan fingerprint density at radius 2 is 2.13 bits per heavy atom. The van der Waals surface area contributed by atoms with Gasteiger partial charge in [-0.15, -0.1) is 11.3 Å². The highest BCUT2D eigenvalue weighted by Crippen LogP contribution is 2.38. The Kier molecular flexibility index (Phi) is 4.64. The van der Waals surface area contributed by atoms with E-state index >= 15 is 0 Å². The lowest BCUT2D eigenvalue weighted by molar-refractivity contribution is 0.0831. The Balaban J connectivity index is 1.99. The predicted octanol–water partition coefficient (Wildman–Crippen LogP) is 2.84. The molecule has 6 heteroatoms. The van der Waals surface area contributed by atoms with Crippen LogP contribution in [0.3, 0.4) is 0 Å². The number of carbonyl (C=O) groups is 1. The fourth-order valence-electron chi connectivity index (χ4n) is 3.34. The van der Waals surface area contributed by atoms with Crippen molar-refractivity contribution in [2.24, 2.45) is 5.92 Å². The van der Waals surface area contributed by atoms with E-state index in [0.29, 0.717) is 11.8 Å². The Hall–Kier alpha value is -1.53. The van der Waals surface area contributed by atoms with E-state index in [9.17, 15) is 4.79 Å². The minimum Gasteiger partial charge on any atom is -0.344 e. The quantitative estimate of drug-likeness (QED) is 0.864. The Bertz CT molecular complexity index is 710. The second-order valence-electron chi connectivity index (χ2n) is 6.89. The van der Waals surface area contributed by atoms with Crippen molar-refractivity contribution in [2.75, 3.05) is 33.7 Å². The number of rotatable bonds is 4. The van der Waals surface area contributed by atoms with Crippen LogP contribution in [0.4, 0.5) is 0 Å². The van der Waals surface area contributed by atoms with Gasteiger partial charge in [0.05, 0.1) is 4.88 Å². The summed E-state index contributed by atoms with van der Waals surface area (Å²) in [4.78, 5) is 27.4. The van der Waals surface area contributed by atoms with Gasteiger partial charge < -0.3 is 9.80 Å². The lowest BCUT2D eigenvalue weighted by Crippen LogP contribution is -2.25. The largest absolute Gasteiger partial charge is 0.344 e. The number of thiophene rings is 1. The van der Waals surface area contributed by atoms with Crippen molar-refractivity contribution >= 4 is 27.6 Å². The molecule has 0 N–H and O–H groups in total. The molecule has 0 saturated carbocycles. The molecule has 1 saturated heterocycles. The molecule has 1 atom stereocenters. The molecule has 1 fully saturated rings. The van der Waals surface area contributed by atoms with Crippen molar-refractivity contribution in [1.82, 2.24) is 19.8 Å². The van der Waals surface area contributed by atoms with Crippen LogP contribution in [0, 0.1) is 5.92 Å². The van der Waals surface area contributed by atoms with Crippen LogP contribution in [0.5, 0.6) is 0 Å². The van der Waals surface area contributed by atoms with E-state index in [4.69, 9.17) is 0 Å². The third-order valence-electron chi connectivity index (χ3n) is 4.27. The van der Waals surface area contributed by atoms with E-state index in [-0.39, 0.29) is 5.91 Å². The number of hydrogen-bond acceptors (Lipinski definition) is 5. The maximum absolute atomic E-state index is 12.6. The SMILES string of the molecule is CC(C)CN1CC[C@@H](c2c(C(=O)N(C)C)sc3nccnc23)C1. The fourth-order valence-corrected chi connectivity index (χ4v) is 4.54. The van der Waals surface area contributed by atoms with Crippen LogP contribution in [-0.2, 0) is 0 Å². The van der Waals surface area contributed by atoms with Crippen LogP contribution in [0.2, 0.25) is 0 Å². The molecule has 0 aliphatic carbocycles. The summed E-state index contributed by atoms with van der Waals surface area (Å²) in [5.41, 5.74) is 2.03. The molecule has 1 aliphatic rings. The Morgan fingerprint density at radius 3 is 2.83 bits per heavy atom. The highest BCUT2D eigenvalue weighted by atomic mass is 32.1. The summed E-state index contributed by atoms with van der Waals surface area (Å²) in [5.74, 6) is 1.10. The minimum atomic E-state index is 0.0621. The van der Waals surface area contributed by atoms with E-state index in [1.165, 1.54) is 11.3 Å². The van der Waals surface area contributed by atoms with E-state index < -0.39 is 0 Å². The van der Waals surface area contributed by atoms with Gasteiger partial charge in [0.15, 0.2) is 0 Å². The molecular weight excluding hydrogens is 308 g/mol. The first-order chi connectivity index (χ1) is 11.0. The van der Waals surface area contributed by atoms with Crippen LogP contribution in [-0.4, -0.2) is 59.4 Å². The van der Waals surface area contributed by atoms with Gasteiger partial charge >= 0.3 is 0 Å². The number of likely N-dealkylation sites (tertiary alicyclic amines) is 1. The highest BCUT2D eigenvalue weighted by molar-refractivity contribution is 7.20. The highest BCUT2D eigenvalue weighted by Gasteiger charge is 2.32. The van der Waals surface area contributed by atoms with E-state index in [2.05, 4.69) is 28.7 Å². The summed E-state index contributed by atoms with van der Waals surface area (Å²) >= 11 is 1.48. The summed E-state index contributed by atoms with van der Waals surface area (Å²) in [6.07, 6.45) is 4.51. The molecule has 1 aliphatic heterocycles. The zero-order chi connectivity index (χ0) is 16.6. The summed E-state index contributed by atoms with van der Waals surface area (Å²) in [6.45, 7) is 7.71. The number of fused-ring (bicyclic) bond motifs is 1. The van der Waals surface area contributed by atoms with Gasteiger partial charge in [-0.2, -0.15) is 0 Å². The predicted molar refractivity (Wildman–Crippen MR) is 94.1 cm³/mol. The Labute approximate surface area is 141 Å². The maximum atomic E-state index is 12.6. The van der Waals surface area contributed by atoms with Crippen molar-refractivity contribution in [3.8, 4) is 0 Å². The first-order valence-corrected chi connectivity index (χ1v) is 8.96. The molecule has 5 nitrogen and oxygen atoms in total. The van der Waals surface area contributed by atoms with Gasteiger partial charge in [-0.05, 0) is 18.9 Å². The zero-order valence-electron chi connectivity index (χ0n) is 14.2. The van der Waals surface area contributed by atoms with Crippen LogP contribution >= 0.6 is 11.3 Å². The normalized spacial score (nSPS) is 18.9. The summed E-state index contributed by atoms with van der Waals surface area (Å²) in [7, 11) is 3.61. The molecule has 2 aromatic heterocycles. The molecule has 1 amide bonds. The average molecular weight is 332 g/mol. The van der Waals surface area contributed by atoms with Crippen molar-refractivity contribution in [1.29, 1.82) is 0 Å². The average Bonchev–Trinajstić information content (AvgIpc) is 3.09. The first kappa shape index (κ1) is 16.3. The van der Waals surface area contributed by atoms with Crippen LogP contribution in [0.1, 0.15) is 41.4 Å². The van der Waals surface area contributed by atoms with Crippen molar-refractivity contribution < 1.29 is 4.79 Å². The standard InChI is InChI=1S/C17H24N4OS/c1-11(2)9-21-8-5-12(10-21)13-14-16(19-7-6-18-14)23-15(13)17(22)20(3)4/h6-7,11-12H,5,8-10H2,1-4H3/t12-/m1/s1. The molecule has 0 aromatic carbocycles. The zero-order valence-corrected chi connectivity index (χ0v) is 15.1. The van der Waals surface area contributed by atoms with Crippen LogP contribution in [0.25, 0.3) is 10.3 Å². The molecule has 2 aromatic rings. The van der Waals surface area contributed by atoms with E-state index in [1.54, 1.807) is 31.4 Å². The molecule has 3 rings (SSSR count). The van der Waals surface area contributed by atoms with Gasteiger partial charge in [-0.3, -0.25) is 9.78 Å². The second-order valence-corrected chi connectivity index (χ2v) is 7.89. The van der Waals surface area contributed by atoms with Gasteiger partial charge in [-0.1, -0.05) is 13.8 Å². The molecule has 0 unspecified atom stereocenters. The lowest BCUT2D eigenvalue weighted by atomic mass is 9.97. The second kappa shape index (κ2) is 6.53. The topological polar surface area (TPSA) is 49.3 Å². The van der Waals surface area contributed by atoms with Crippen LogP contribution in [0.15, 0.2) is 12.4 Å². The third-order valence-corrected chi connectivity index (χ3v) is 5.36. The molecule has 23 heavy (non-hydrogen) atoms. The van der Waals surface area contributed by atoms with Gasteiger partial charge in [0.25, 0.3) is 5.91 Å². The summed E-state index contributed by atoms with van der Waals surface area (Å²) < 4.78 is 0. The molecule has 0 radical (unpaired) electrons. The Morgan fingerprint density at radius 1 is 1.39 bits per heavy atom. The van der Waals surface area contributed by atoms with Crippen molar-refractivity contribution in [2.45, 2.75) is 26.2 Å². The number of nitrogens with zero attached hydrogens (tertiary/aromatic N) is 4. The minimum absolute atomic E-state index is 0.0621. The summed E-state index contributed by atoms with van der Waals surface area (Å²) in [5, 5.41) is 0. The third kappa shape index (κ3) is 3.23. The molecule has 124 valence electrons. The smallest absolute Gasteiger partial charge is 0.263 e. The van der Waals surface area contributed by atoms with Gasteiger partial charge in [-0.25, -0.2) is 4.98 Å². The molecule has 0 bridgehead atoms.